The van der Waals surface area contributed by atoms with Crippen molar-refractivity contribution >= 4 is 23.0 Å². The third-order valence-corrected chi connectivity index (χ3v) is 8.68. The monoisotopic (exact) mass is 581 g/mol. The van der Waals surface area contributed by atoms with E-state index in [0.29, 0.717) is 5.11 Å². The highest BCUT2D eigenvalue weighted by molar-refractivity contribution is 7.80. The molecular weight excluding hydrogens is 542 g/mol. The summed E-state index contributed by atoms with van der Waals surface area (Å²) >= 11 is 5.99. The number of rotatable bonds is 9. The van der Waals surface area contributed by atoms with Crippen LogP contribution in [0.4, 0.5) is 5.69 Å². The number of hydrogen-bond donors (Lipinski definition) is 1. The first-order valence-corrected chi connectivity index (χ1v) is 15.2. The Bertz CT molecular complexity index is 1500. The van der Waals surface area contributed by atoms with Crippen LogP contribution in [0.3, 0.4) is 0 Å². The fourth-order valence-corrected chi connectivity index (χ4v) is 6.46. The van der Waals surface area contributed by atoms with Crippen LogP contribution < -0.4 is 15.0 Å². The smallest absolute Gasteiger partial charge is 0.174 e. The Labute approximate surface area is 254 Å². The molecule has 218 valence electrons. The molecule has 2 aromatic heterocycles. The number of aromatic nitrogens is 2. The maximum atomic E-state index is 6.11. The molecule has 4 aromatic rings. The van der Waals surface area contributed by atoms with Gasteiger partial charge in [0.15, 0.2) is 5.11 Å². The Morgan fingerprint density at radius 2 is 1.64 bits per heavy atom. The summed E-state index contributed by atoms with van der Waals surface area (Å²) in [5.74, 6) is 1.61. The second kappa shape index (κ2) is 12.7. The third kappa shape index (κ3) is 6.07. The average Bonchev–Trinajstić information content (AvgIpc) is 3.50. The van der Waals surface area contributed by atoms with Crippen molar-refractivity contribution in [2.24, 2.45) is 0 Å². The molecule has 0 amide bonds. The van der Waals surface area contributed by atoms with Crippen LogP contribution in [0, 0.1) is 20.8 Å². The zero-order chi connectivity index (χ0) is 29.1. The van der Waals surface area contributed by atoms with E-state index in [1.807, 2.05) is 42.6 Å². The zero-order valence-corrected chi connectivity index (χ0v) is 25.4. The van der Waals surface area contributed by atoms with Crippen LogP contribution in [0.1, 0.15) is 46.7 Å². The molecule has 0 bridgehead atoms. The Morgan fingerprint density at radius 1 is 0.929 bits per heavy atom. The summed E-state index contributed by atoms with van der Waals surface area (Å²) in [7, 11) is 0. The first-order chi connectivity index (χ1) is 20.5. The van der Waals surface area contributed by atoms with E-state index < -0.39 is 0 Å². The number of pyridine rings is 1. The molecule has 6 rings (SSSR count). The zero-order valence-electron chi connectivity index (χ0n) is 24.6. The molecule has 2 saturated heterocycles. The second-order valence-corrected chi connectivity index (χ2v) is 11.6. The van der Waals surface area contributed by atoms with Crippen molar-refractivity contribution in [2.45, 2.75) is 45.8 Å². The van der Waals surface area contributed by atoms with E-state index >= 15 is 0 Å². The fraction of sp³-hybridized carbons (Fsp3) is 0.353. The molecule has 2 aliphatic rings. The van der Waals surface area contributed by atoms with E-state index in [1.165, 1.54) is 22.5 Å². The molecule has 0 aliphatic carbocycles. The van der Waals surface area contributed by atoms with E-state index in [2.05, 4.69) is 76.9 Å². The summed E-state index contributed by atoms with van der Waals surface area (Å²) in [5, 5.41) is 4.30. The lowest BCUT2D eigenvalue weighted by atomic mass is 9.96. The SMILES string of the molecule is Cc1ccc(Oc2ccc(N3C(=S)N[C@@H](c4ccccn4)[C@H]3c3cc(C)n(CCCN4CCOCC4)c3C)cc2)cc1. The van der Waals surface area contributed by atoms with Crippen molar-refractivity contribution in [1.29, 1.82) is 0 Å². The van der Waals surface area contributed by atoms with Gasteiger partial charge in [0.25, 0.3) is 0 Å². The van der Waals surface area contributed by atoms with Crippen LogP contribution in [-0.2, 0) is 11.3 Å². The molecule has 2 aromatic carbocycles. The fourth-order valence-electron chi connectivity index (χ4n) is 6.11. The summed E-state index contributed by atoms with van der Waals surface area (Å²) in [6.07, 6.45) is 2.96. The largest absolute Gasteiger partial charge is 0.457 e. The highest BCUT2D eigenvalue weighted by Crippen LogP contribution is 2.43. The van der Waals surface area contributed by atoms with Gasteiger partial charge in [-0.25, -0.2) is 0 Å². The lowest BCUT2D eigenvalue weighted by Crippen LogP contribution is -2.37. The number of morpholine rings is 1. The summed E-state index contributed by atoms with van der Waals surface area (Å²) in [6.45, 7) is 12.3. The first-order valence-electron chi connectivity index (χ1n) is 14.8. The summed E-state index contributed by atoms with van der Waals surface area (Å²) in [4.78, 5) is 9.48. The summed E-state index contributed by atoms with van der Waals surface area (Å²) < 4.78 is 14.1. The van der Waals surface area contributed by atoms with E-state index in [4.69, 9.17) is 26.7 Å². The van der Waals surface area contributed by atoms with Crippen molar-refractivity contribution in [3.63, 3.8) is 0 Å². The molecule has 0 spiro atoms. The van der Waals surface area contributed by atoms with Gasteiger partial charge in [-0.15, -0.1) is 0 Å². The number of benzene rings is 2. The number of aryl methyl sites for hydroxylation is 2. The minimum atomic E-state index is -0.0792. The van der Waals surface area contributed by atoms with Gasteiger partial charge in [0.05, 0.1) is 31.0 Å². The van der Waals surface area contributed by atoms with Gasteiger partial charge in [-0.2, -0.15) is 0 Å². The molecule has 7 nitrogen and oxygen atoms in total. The molecule has 0 unspecified atom stereocenters. The summed E-state index contributed by atoms with van der Waals surface area (Å²) in [5.41, 5.74) is 7.01. The van der Waals surface area contributed by atoms with Gasteiger partial charge >= 0.3 is 0 Å². The van der Waals surface area contributed by atoms with Crippen LogP contribution in [0.5, 0.6) is 11.5 Å². The molecular formula is C34H39N5O2S. The number of thiocarbonyl (C=S) groups is 1. The van der Waals surface area contributed by atoms with Crippen molar-refractivity contribution < 1.29 is 9.47 Å². The lowest BCUT2D eigenvalue weighted by molar-refractivity contribution is 0.0369. The number of ether oxygens (including phenoxy) is 2. The predicted octanol–water partition coefficient (Wildman–Crippen LogP) is 6.50. The van der Waals surface area contributed by atoms with Crippen LogP contribution in [0.25, 0.3) is 0 Å². The molecule has 2 atom stereocenters. The maximum absolute atomic E-state index is 6.11. The normalized spacial score (nSPS) is 19.2. The molecule has 0 saturated carbocycles. The summed E-state index contributed by atoms with van der Waals surface area (Å²) in [6, 6.07) is 24.6. The minimum Gasteiger partial charge on any atom is -0.457 e. The molecule has 2 fully saturated rings. The first kappa shape index (κ1) is 28.4. The van der Waals surface area contributed by atoms with Crippen LogP contribution in [-0.4, -0.2) is 52.4 Å². The lowest BCUT2D eigenvalue weighted by Gasteiger charge is -2.28. The highest BCUT2D eigenvalue weighted by Gasteiger charge is 2.42. The van der Waals surface area contributed by atoms with Crippen molar-refractivity contribution in [2.75, 3.05) is 37.7 Å². The van der Waals surface area contributed by atoms with Gasteiger partial charge in [0, 0.05) is 49.5 Å². The predicted molar refractivity (Wildman–Crippen MR) is 171 cm³/mol. The number of nitrogens with one attached hydrogen (secondary N) is 1. The van der Waals surface area contributed by atoms with Gasteiger partial charge in [-0.3, -0.25) is 9.88 Å². The molecule has 1 N–H and O–H groups in total. The van der Waals surface area contributed by atoms with Gasteiger partial charge in [-0.1, -0.05) is 23.8 Å². The Hall–Kier alpha value is -3.72. The Balaban J connectivity index is 1.28. The number of anilines is 1. The molecule has 42 heavy (non-hydrogen) atoms. The maximum Gasteiger partial charge on any atom is 0.174 e. The van der Waals surface area contributed by atoms with E-state index in [0.717, 1.165) is 68.7 Å². The highest BCUT2D eigenvalue weighted by atomic mass is 32.1. The van der Waals surface area contributed by atoms with E-state index in [-0.39, 0.29) is 12.1 Å². The topological polar surface area (TPSA) is 54.8 Å². The van der Waals surface area contributed by atoms with Crippen molar-refractivity contribution in [3.05, 3.63) is 107 Å². The molecule has 2 aliphatic heterocycles. The van der Waals surface area contributed by atoms with Gasteiger partial charge in [0.2, 0.25) is 0 Å². The minimum absolute atomic E-state index is 0.0459. The van der Waals surface area contributed by atoms with Gasteiger partial charge in [-0.05, 0) is 99.6 Å². The van der Waals surface area contributed by atoms with Crippen LogP contribution in [0.2, 0.25) is 0 Å². The Kier molecular flexibility index (Phi) is 8.55. The number of nitrogens with zero attached hydrogens (tertiary/aromatic N) is 4. The van der Waals surface area contributed by atoms with E-state index in [1.54, 1.807) is 0 Å². The quantitative estimate of drug-likeness (QED) is 0.227. The number of hydrogen-bond acceptors (Lipinski definition) is 5. The van der Waals surface area contributed by atoms with Gasteiger partial charge < -0.3 is 24.3 Å². The second-order valence-electron chi connectivity index (χ2n) is 11.2. The average molecular weight is 582 g/mol. The Morgan fingerprint density at radius 3 is 2.33 bits per heavy atom. The third-order valence-electron chi connectivity index (χ3n) is 8.36. The standard InChI is InChI=1S/C34H39N5O2S/c1-24-8-12-28(13-9-24)41-29-14-10-27(11-15-29)39-33(32(36-34(39)42)31-7-4-5-16-35-31)30-23-25(2)38(26(30)3)18-6-17-37-19-21-40-22-20-37/h4-5,7-16,23,32-33H,6,17-22H2,1-3H3,(H,36,42)/t32-,33+/m0/s1. The molecule has 0 radical (unpaired) electrons. The van der Waals surface area contributed by atoms with E-state index in [9.17, 15) is 0 Å². The van der Waals surface area contributed by atoms with Crippen molar-refractivity contribution in [1.82, 2.24) is 19.8 Å². The van der Waals surface area contributed by atoms with Crippen LogP contribution in [0.15, 0.2) is 79.0 Å². The van der Waals surface area contributed by atoms with Crippen LogP contribution >= 0.6 is 12.2 Å². The molecule has 4 heterocycles. The molecule has 8 heteroatoms. The van der Waals surface area contributed by atoms with Crippen molar-refractivity contribution in [3.8, 4) is 11.5 Å². The van der Waals surface area contributed by atoms with Gasteiger partial charge in [0.1, 0.15) is 11.5 Å².